The maximum absolute atomic E-state index is 13.2. The number of ketones is 1. The Bertz CT molecular complexity index is 1100. The van der Waals surface area contributed by atoms with E-state index in [1.165, 1.54) is 11.3 Å². The van der Waals surface area contributed by atoms with Crippen molar-refractivity contribution in [2.45, 2.75) is 27.2 Å². The fraction of sp³-hybridized carbons (Fsp3) is 0.208. The quantitative estimate of drug-likeness (QED) is 0.321. The summed E-state index contributed by atoms with van der Waals surface area (Å²) in [6.45, 7) is 6.43. The average Bonchev–Trinajstić information content (AvgIpc) is 2.94. The topological polar surface area (TPSA) is 43.1 Å². The van der Waals surface area contributed by atoms with Crippen molar-refractivity contribution in [1.82, 2.24) is 0 Å². The monoisotopic (exact) mass is 485 g/mol. The summed E-state index contributed by atoms with van der Waals surface area (Å²) in [5.74, 6) is 6.35. The summed E-state index contributed by atoms with van der Waals surface area (Å²) in [4.78, 5) is 14.1. The molecule has 5 heteroatoms. The van der Waals surface area contributed by atoms with Gasteiger partial charge in [-0.05, 0) is 65.9 Å². The van der Waals surface area contributed by atoms with Crippen molar-refractivity contribution in [2.75, 3.05) is 5.73 Å². The van der Waals surface area contributed by atoms with Crippen LogP contribution in [0.5, 0.6) is 0 Å². The highest BCUT2D eigenvalue weighted by atomic mass is 79.9. The van der Waals surface area contributed by atoms with Crippen LogP contribution in [-0.2, 0) is 6.42 Å². The molecule has 3 aromatic rings. The van der Waals surface area contributed by atoms with E-state index in [1.807, 2.05) is 24.3 Å². The molecule has 148 valence electrons. The van der Waals surface area contributed by atoms with E-state index in [0.29, 0.717) is 27.6 Å². The van der Waals surface area contributed by atoms with Crippen LogP contribution in [0, 0.1) is 17.3 Å². The minimum absolute atomic E-state index is 0.0173. The van der Waals surface area contributed by atoms with Gasteiger partial charge in [0.2, 0.25) is 0 Å². The summed E-state index contributed by atoms with van der Waals surface area (Å²) < 4.78 is 1.01. The van der Waals surface area contributed by atoms with Crippen molar-refractivity contribution in [2.24, 2.45) is 5.41 Å². The minimum atomic E-state index is -0.0913. The molecule has 0 spiro atoms. The number of hydrogen-bond acceptors (Lipinski definition) is 3. The maximum Gasteiger partial charge on any atom is 0.196 e. The zero-order chi connectivity index (χ0) is 21.2. The van der Waals surface area contributed by atoms with Crippen molar-refractivity contribution in [3.63, 3.8) is 0 Å². The normalized spacial score (nSPS) is 11.1. The van der Waals surface area contributed by atoms with Crippen LogP contribution in [0.25, 0.3) is 0 Å². The number of thiophene rings is 1. The van der Waals surface area contributed by atoms with E-state index >= 15 is 0 Å². The molecule has 0 aliphatic heterocycles. The number of nitrogens with two attached hydrogens (primary N) is 1. The predicted molar refractivity (Wildman–Crippen MR) is 127 cm³/mol. The molecule has 0 amide bonds. The van der Waals surface area contributed by atoms with Gasteiger partial charge in [0, 0.05) is 20.6 Å². The first-order valence-electron chi connectivity index (χ1n) is 9.13. The third-order valence-electron chi connectivity index (χ3n) is 4.24. The van der Waals surface area contributed by atoms with E-state index in [-0.39, 0.29) is 11.2 Å². The van der Waals surface area contributed by atoms with Gasteiger partial charge in [-0.2, -0.15) is 0 Å². The van der Waals surface area contributed by atoms with Gasteiger partial charge in [0.1, 0.15) is 0 Å². The molecule has 0 unspecified atom stereocenters. The van der Waals surface area contributed by atoms with Crippen molar-refractivity contribution in [3.8, 4) is 11.8 Å². The zero-order valence-corrected chi connectivity index (χ0v) is 19.6. The third kappa shape index (κ3) is 5.51. The SMILES string of the molecule is CC(C)(C)Cc1c(C#Cc2ccc(Br)cc2)sc(N)c1C(=O)c1ccc(Cl)cc1. The van der Waals surface area contributed by atoms with Crippen LogP contribution in [0.2, 0.25) is 5.02 Å². The van der Waals surface area contributed by atoms with Gasteiger partial charge in [0.15, 0.2) is 5.78 Å². The Hall–Kier alpha value is -2.06. The summed E-state index contributed by atoms with van der Waals surface area (Å²) >= 11 is 10.8. The number of rotatable bonds is 3. The molecule has 3 rings (SSSR count). The highest BCUT2D eigenvalue weighted by molar-refractivity contribution is 9.10. The maximum atomic E-state index is 13.2. The van der Waals surface area contributed by atoms with Crippen molar-refractivity contribution >= 4 is 49.7 Å². The van der Waals surface area contributed by atoms with Gasteiger partial charge in [-0.1, -0.05) is 60.1 Å². The van der Waals surface area contributed by atoms with Crippen LogP contribution in [-0.4, -0.2) is 5.78 Å². The lowest BCUT2D eigenvalue weighted by molar-refractivity contribution is 0.103. The second-order valence-corrected chi connectivity index (χ2v) is 10.4. The van der Waals surface area contributed by atoms with Gasteiger partial charge in [-0.15, -0.1) is 11.3 Å². The van der Waals surface area contributed by atoms with Crippen LogP contribution in [0.15, 0.2) is 53.0 Å². The van der Waals surface area contributed by atoms with Gasteiger partial charge >= 0.3 is 0 Å². The molecule has 29 heavy (non-hydrogen) atoms. The fourth-order valence-electron chi connectivity index (χ4n) is 2.94. The first-order valence-corrected chi connectivity index (χ1v) is 11.1. The van der Waals surface area contributed by atoms with Gasteiger partial charge in [0.05, 0.1) is 15.4 Å². The Morgan fingerprint density at radius 2 is 1.69 bits per heavy atom. The second kappa shape index (κ2) is 8.75. The van der Waals surface area contributed by atoms with E-state index in [1.54, 1.807) is 24.3 Å². The Labute approximate surface area is 189 Å². The Morgan fingerprint density at radius 1 is 1.07 bits per heavy atom. The molecule has 2 nitrogen and oxygen atoms in total. The van der Waals surface area contributed by atoms with Crippen LogP contribution >= 0.6 is 38.9 Å². The summed E-state index contributed by atoms with van der Waals surface area (Å²) in [6.07, 6.45) is 0.708. The number of halogens is 2. The molecule has 1 aromatic heterocycles. The number of nitrogen functional groups attached to an aromatic ring is 1. The molecule has 0 saturated carbocycles. The average molecular weight is 487 g/mol. The Balaban J connectivity index is 2.08. The summed E-state index contributed by atoms with van der Waals surface area (Å²) in [6, 6.07) is 14.7. The molecule has 0 saturated heterocycles. The first-order chi connectivity index (χ1) is 13.6. The molecule has 0 aliphatic carbocycles. The lowest BCUT2D eigenvalue weighted by Gasteiger charge is -2.19. The number of carbonyl (C=O) groups excluding carboxylic acids is 1. The summed E-state index contributed by atoms with van der Waals surface area (Å²) in [7, 11) is 0. The van der Waals surface area contributed by atoms with Gasteiger partial charge < -0.3 is 5.73 Å². The Kier molecular flexibility index (Phi) is 6.53. The molecule has 0 fully saturated rings. The van der Waals surface area contributed by atoms with E-state index in [4.69, 9.17) is 17.3 Å². The number of benzene rings is 2. The van der Waals surface area contributed by atoms with Crippen molar-refractivity contribution in [1.29, 1.82) is 0 Å². The smallest absolute Gasteiger partial charge is 0.196 e. The largest absolute Gasteiger partial charge is 0.390 e. The third-order valence-corrected chi connectivity index (χ3v) is 6.00. The van der Waals surface area contributed by atoms with Crippen LogP contribution in [0.1, 0.15) is 52.7 Å². The number of anilines is 1. The van der Waals surface area contributed by atoms with Crippen molar-refractivity contribution < 1.29 is 4.79 Å². The van der Waals surface area contributed by atoms with Crippen LogP contribution in [0.4, 0.5) is 5.00 Å². The zero-order valence-electron chi connectivity index (χ0n) is 16.5. The van der Waals surface area contributed by atoms with Gasteiger partial charge in [0.25, 0.3) is 0 Å². The van der Waals surface area contributed by atoms with Crippen molar-refractivity contribution in [3.05, 3.63) is 85.2 Å². The van der Waals surface area contributed by atoms with Gasteiger partial charge in [-0.3, -0.25) is 4.79 Å². The van der Waals surface area contributed by atoms with Gasteiger partial charge in [-0.25, -0.2) is 0 Å². The number of carbonyl (C=O) groups is 1. The number of hydrogen-bond donors (Lipinski definition) is 1. The highest BCUT2D eigenvalue weighted by Crippen LogP contribution is 2.36. The molecule has 0 bridgehead atoms. The molecular formula is C24H21BrClNOS. The first kappa shape index (κ1) is 21.6. The van der Waals surface area contributed by atoms with E-state index in [2.05, 4.69) is 48.5 Å². The van der Waals surface area contributed by atoms with Crippen LogP contribution in [0.3, 0.4) is 0 Å². The standard InChI is InChI=1S/C24H21BrClNOS/c1-24(2,3)14-19-20(13-6-15-4-9-17(25)10-5-15)29-23(27)21(19)22(28)16-7-11-18(26)12-8-16/h4-5,7-12H,14,27H2,1-3H3. The summed E-state index contributed by atoms with van der Waals surface area (Å²) in [5, 5.41) is 1.10. The molecule has 0 atom stereocenters. The molecule has 2 aromatic carbocycles. The molecule has 0 aliphatic rings. The highest BCUT2D eigenvalue weighted by Gasteiger charge is 2.26. The van der Waals surface area contributed by atoms with E-state index < -0.39 is 0 Å². The van der Waals surface area contributed by atoms with E-state index in [0.717, 1.165) is 20.5 Å². The molecule has 0 radical (unpaired) electrons. The predicted octanol–water partition coefficient (Wildman–Crippen LogP) is 6.97. The minimum Gasteiger partial charge on any atom is -0.390 e. The Morgan fingerprint density at radius 3 is 2.28 bits per heavy atom. The lowest BCUT2D eigenvalue weighted by atomic mass is 9.85. The fourth-order valence-corrected chi connectivity index (χ4v) is 4.27. The summed E-state index contributed by atoms with van der Waals surface area (Å²) in [5.41, 5.74) is 9.26. The molecule has 2 N–H and O–H groups in total. The lowest BCUT2D eigenvalue weighted by Crippen LogP contribution is -2.14. The van der Waals surface area contributed by atoms with E-state index in [9.17, 15) is 4.79 Å². The molecule has 1 heterocycles. The molecular weight excluding hydrogens is 466 g/mol. The second-order valence-electron chi connectivity index (χ2n) is 7.98. The van der Waals surface area contributed by atoms with Crippen LogP contribution < -0.4 is 5.73 Å².